The van der Waals surface area contributed by atoms with Gasteiger partial charge in [-0.2, -0.15) is 0 Å². The van der Waals surface area contributed by atoms with E-state index in [0.717, 1.165) is 0 Å². The molecule has 0 aliphatic carbocycles. The van der Waals surface area contributed by atoms with Gasteiger partial charge in [-0.05, 0) is 36.4 Å². The van der Waals surface area contributed by atoms with Gasteiger partial charge in [0.05, 0.1) is 12.8 Å². The second-order valence-electron chi connectivity index (χ2n) is 5.89. The molecule has 0 saturated heterocycles. The predicted molar refractivity (Wildman–Crippen MR) is 94.3 cm³/mol. The molecule has 5 heteroatoms. The van der Waals surface area contributed by atoms with E-state index < -0.39 is 0 Å². The lowest BCUT2D eigenvalue weighted by Gasteiger charge is -2.28. The Bertz CT molecular complexity index is 811. The number of para-hydroxylation sites is 1. The van der Waals surface area contributed by atoms with Gasteiger partial charge in [-0.15, -0.1) is 0 Å². The van der Waals surface area contributed by atoms with Crippen molar-refractivity contribution in [2.45, 2.75) is 19.3 Å². The van der Waals surface area contributed by atoms with Crippen molar-refractivity contribution in [3.63, 3.8) is 0 Å². The number of hydrogen-bond donors (Lipinski definition) is 0. The van der Waals surface area contributed by atoms with Crippen LogP contribution in [0.4, 0.5) is 5.69 Å². The molecule has 1 heterocycles. The van der Waals surface area contributed by atoms with E-state index >= 15 is 0 Å². The standard InChI is InChI=1S/C20H19NO4/c1-25-15-8-6-14(7-9-15)18(22)10-11-20(24)21-13-12-19(23)16-4-2-3-5-17(16)21/h2-9H,10-13H2,1H3. The Labute approximate surface area is 146 Å². The van der Waals surface area contributed by atoms with E-state index in [2.05, 4.69) is 0 Å². The highest BCUT2D eigenvalue weighted by Gasteiger charge is 2.26. The maximum Gasteiger partial charge on any atom is 0.227 e. The van der Waals surface area contributed by atoms with Crippen LogP contribution < -0.4 is 9.64 Å². The van der Waals surface area contributed by atoms with Crippen molar-refractivity contribution in [2.24, 2.45) is 0 Å². The summed E-state index contributed by atoms with van der Waals surface area (Å²) in [6.45, 7) is 0.366. The van der Waals surface area contributed by atoms with E-state index in [-0.39, 0.29) is 30.3 Å². The average Bonchev–Trinajstić information content (AvgIpc) is 2.66. The van der Waals surface area contributed by atoms with Crippen molar-refractivity contribution in [3.8, 4) is 5.75 Å². The normalized spacial score (nSPS) is 13.3. The Morgan fingerprint density at radius 3 is 2.48 bits per heavy atom. The number of ether oxygens (including phenoxy) is 1. The first-order chi connectivity index (χ1) is 12.1. The lowest BCUT2D eigenvalue weighted by atomic mass is 9.99. The number of carbonyl (C=O) groups excluding carboxylic acids is 3. The van der Waals surface area contributed by atoms with Crippen LogP contribution in [0.15, 0.2) is 48.5 Å². The summed E-state index contributed by atoms with van der Waals surface area (Å²) in [5.41, 5.74) is 1.77. The monoisotopic (exact) mass is 337 g/mol. The van der Waals surface area contributed by atoms with Crippen molar-refractivity contribution >= 4 is 23.2 Å². The number of nitrogens with zero attached hydrogens (tertiary/aromatic N) is 1. The highest BCUT2D eigenvalue weighted by molar-refractivity contribution is 6.09. The summed E-state index contributed by atoms with van der Waals surface area (Å²) < 4.78 is 5.07. The molecule has 0 fully saturated rings. The number of methoxy groups -OCH3 is 1. The number of rotatable bonds is 5. The molecule has 0 N–H and O–H groups in total. The summed E-state index contributed by atoms with van der Waals surface area (Å²) in [6, 6.07) is 13.9. The first-order valence-corrected chi connectivity index (χ1v) is 8.20. The zero-order valence-corrected chi connectivity index (χ0v) is 14.0. The molecule has 2 aromatic rings. The third-order valence-corrected chi connectivity index (χ3v) is 4.34. The molecular weight excluding hydrogens is 318 g/mol. The molecule has 0 unspecified atom stereocenters. The molecular formula is C20H19NO4. The fourth-order valence-electron chi connectivity index (χ4n) is 2.95. The van der Waals surface area contributed by atoms with Gasteiger partial charge in [0.2, 0.25) is 5.91 Å². The number of fused-ring (bicyclic) bond motifs is 1. The van der Waals surface area contributed by atoms with Crippen molar-refractivity contribution in [1.29, 1.82) is 0 Å². The van der Waals surface area contributed by atoms with E-state index in [1.165, 1.54) is 0 Å². The highest BCUT2D eigenvalue weighted by atomic mass is 16.5. The molecule has 1 amide bonds. The van der Waals surface area contributed by atoms with E-state index in [9.17, 15) is 14.4 Å². The quantitative estimate of drug-likeness (QED) is 0.786. The number of anilines is 1. The SMILES string of the molecule is COc1ccc(C(=O)CCC(=O)N2CCC(=O)c3ccccc32)cc1. The zero-order valence-electron chi connectivity index (χ0n) is 14.0. The van der Waals surface area contributed by atoms with Crippen LogP contribution in [-0.2, 0) is 4.79 Å². The van der Waals surface area contributed by atoms with Crippen molar-refractivity contribution in [2.75, 3.05) is 18.6 Å². The van der Waals surface area contributed by atoms with Crippen molar-refractivity contribution < 1.29 is 19.1 Å². The summed E-state index contributed by atoms with van der Waals surface area (Å²) in [5, 5.41) is 0. The van der Waals surface area contributed by atoms with Gasteiger partial charge in [0.15, 0.2) is 11.6 Å². The van der Waals surface area contributed by atoms with Gasteiger partial charge in [-0.25, -0.2) is 0 Å². The third-order valence-electron chi connectivity index (χ3n) is 4.34. The summed E-state index contributed by atoms with van der Waals surface area (Å²) in [6.07, 6.45) is 0.570. The van der Waals surface area contributed by atoms with Crippen molar-refractivity contribution in [1.82, 2.24) is 0 Å². The minimum Gasteiger partial charge on any atom is -0.497 e. The minimum atomic E-state index is -0.137. The van der Waals surface area contributed by atoms with Crippen LogP contribution in [0, 0.1) is 0 Å². The fraction of sp³-hybridized carbons (Fsp3) is 0.250. The van der Waals surface area contributed by atoms with E-state index in [1.54, 1.807) is 60.5 Å². The maximum atomic E-state index is 12.5. The Hall–Kier alpha value is -2.95. The zero-order chi connectivity index (χ0) is 17.8. The highest BCUT2D eigenvalue weighted by Crippen LogP contribution is 2.27. The van der Waals surface area contributed by atoms with Crippen LogP contribution >= 0.6 is 0 Å². The smallest absolute Gasteiger partial charge is 0.227 e. The summed E-state index contributed by atoms with van der Waals surface area (Å²) >= 11 is 0. The predicted octanol–water partition coefficient (Wildman–Crippen LogP) is 3.28. The van der Waals surface area contributed by atoms with Gasteiger partial charge in [-0.1, -0.05) is 12.1 Å². The van der Waals surface area contributed by atoms with Crippen LogP contribution in [0.1, 0.15) is 40.0 Å². The number of benzene rings is 2. The molecule has 0 bridgehead atoms. The Kier molecular flexibility index (Phi) is 4.93. The van der Waals surface area contributed by atoms with E-state index in [4.69, 9.17) is 4.74 Å². The van der Waals surface area contributed by atoms with E-state index in [1.807, 2.05) is 0 Å². The average molecular weight is 337 g/mol. The molecule has 0 saturated carbocycles. The minimum absolute atomic E-state index is 0.0500. The molecule has 0 radical (unpaired) electrons. The molecule has 0 spiro atoms. The van der Waals surface area contributed by atoms with Gasteiger partial charge in [0.25, 0.3) is 0 Å². The molecule has 25 heavy (non-hydrogen) atoms. The number of hydrogen-bond acceptors (Lipinski definition) is 4. The summed E-state index contributed by atoms with van der Waals surface area (Å²) in [4.78, 5) is 38.4. The van der Waals surface area contributed by atoms with Gasteiger partial charge in [0.1, 0.15) is 5.75 Å². The topological polar surface area (TPSA) is 63.7 Å². The first kappa shape index (κ1) is 16.9. The number of carbonyl (C=O) groups is 3. The Morgan fingerprint density at radius 1 is 1.04 bits per heavy atom. The molecule has 1 aliphatic rings. The second-order valence-corrected chi connectivity index (χ2v) is 5.89. The van der Waals surface area contributed by atoms with Gasteiger partial charge < -0.3 is 9.64 Å². The van der Waals surface area contributed by atoms with Crippen LogP contribution in [0.2, 0.25) is 0 Å². The van der Waals surface area contributed by atoms with Gasteiger partial charge >= 0.3 is 0 Å². The molecule has 0 aromatic heterocycles. The Morgan fingerprint density at radius 2 is 1.76 bits per heavy atom. The number of amides is 1. The molecule has 1 aliphatic heterocycles. The first-order valence-electron chi connectivity index (χ1n) is 8.20. The number of Topliss-reactive ketones (excluding diaryl/α,β-unsaturated/α-hetero) is 2. The van der Waals surface area contributed by atoms with Crippen LogP contribution in [-0.4, -0.2) is 31.1 Å². The van der Waals surface area contributed by atoms with Gasteiger partial charge in [0, 0.05) is 36.9 Å². The maximum absolute atomic E-state index is 12.5. The molecule has 128 valence electrons. The van der Waals surface area contributed by atoms with Crippen LogP contribution in [0.3, 0.4) is 0 Å². The molecule has 3 rings (SSSR count). The Balaban J connectivity index is 1.65. The number of ketones is 2. The second kappa shape index (κ2) is 7.30. The lowest BCUT2D eigenvalue weighted by molar-refractivity contribution is -0.118. The van der Waals surface area contributed by atoms with Crippen LogP contribution in [0.5, 0.6) is 5.75 Å². The lowest BCUT2D eigenvalue weighted by Crippen LogP contribution is -2.37. The molecule has 0 atom stereocenters. The third kappa shape index (κ3) is 3.60. The van der Waals surface area contributed by atoms with Crippen molar-refractivity contribution in [3.05, 3.63) is 59.7 Å². The largest absolute Gasteiger partial charge is 0.497 e. The summed E-state index contributed by atoms with van der Waals surface area (Å²) in [7, 11) is 1.57. The van der Waals surface area contributed by atoms with Gasteiger partial charge in [-0.3, -0.25) is 14.4 Å². The molecule has 5 nitrogen and oxygen atoms in total. The fourth-order valence-corrected chi connectivity index (χ4v) is 2.95. The van der Waals surface area contributed by atoms with E-state index in [0.29, 0.717) is 35.5 Å². The molecule has 2 aromatic carbocycles. The summed E-state index contributed by atoms with van der Waals surface area (Å²) in [5.74, 6) is 0.510. The van der Waals surface area contributed by atoms with Crippen LogP contribution in [0.25, 0.3) is 0 Å².